The lowest BCUT2D eigenvalue weighted by Gasteiger charge is -2.35. The Morgan fingerprint density at radius 2 is 1.16 bits per heavy atom. The van der Waals surface area contributed by atoms with Crippen LogP contribution in [0.15, 0.2) is 110 Å². The molecule has 356 valence electrons. The molecule has 0 saturated carbocycles. The predicted octanol–water partition coefficient (Wildman–Crippen LogP) is 9.66. The van der Waals surface area contributed by atoms with E-state index in [1.54, 1.807) is 57.5 Å². The number of aromatic nitrogens is 8. The highest BCUT2D eigenvalue weighted by Gasteiger charge is 2.31. The van der Waals surface area contributed by atoms with Crippen molar-refractivity contribution in [3.8, 4) is 34.4 Å². The van der Waals surface area contributed by atoms with Gasteiger partial charge >= 0.3 is 0 Å². The second-order valence-electron chi connectivity index (χ2n) is 16.4. The van der Waals surface area contributed by atoms with E-state index in [1.165, 1.54) is 24.3 Å². The number of nitrogens with zero attached hydrogens (tertiary/aromatic N) is 10. The van der Waals surface area contributed by atoms with Crippen molar-refractivity contribution in [2.24, 2.45) is 0 Å². The number of nitrogens with two attached hydrogens (primary N) is 1. The molecule has 16 nitrogen and oxygen atoms in total. The Kier molecular flexibility index (Phi) is 14.1. The topological polar surface area (TPSA) is 169 Å². The molecule has 0 saturated heterocycles. The molecule has 69 heavy (non-hydrogen) atoms. The molecule has 0 fully saturated rings. The summed E-state index contributed by atoms with van der Waals surface area (Å²) in [6, 6.07) is 20.8. The average Bonchev–Trinajstić information content (AvgIpc) is 3.98. The van der Waals surface area contributed by atoms with E-state index in [2.05, 4.69) is 30.2 Å². The molecule has 0 amide bonds. The van der Waals surface area contributed by atoms with E-state index in [1.807, 2.05) is 103 Å². The summed E-state index contributed by atoms with van der Waals surface area (Å²) < 4.78 is 53.1. The van der Waals surface area contributed by atoms with Gasteiger partial charge in [0.15, 0.2) is 23.1 Å². The SMILES string of the molecule is COc1cc(N)ccc1-n1cnc(C)c1.COc1cc(Nc2ncc3c(n2)N(C)C(c2ccc(F)cc2C)CO3)ccc1-n1cnc(C)c1.Cc1cc(F)ccc1C1COc2cnc(Cl)nc2N1C. The number of nitrogen functional groups attached to an aromatic ring is 1. The van der Waals surface area contributed by atoms with E-state index in [4.69, 9.17) is 41.3 Å². The lowest BCUT2D eigenvalue weighted by Crippen LogP contribution is -2.34. The molecule has 2 atom stereocenters. The summed E-state index contributed by atoms with van der Waals surface area (Å²) in [5.74, 6) is 3.88. The van der Waals surface area contributed by atoms with Crippen LogP contribution in [0.1, 0.15) is 45.7 Å². The molecule has 0 bridgehead atoms. The molecule has 2 unspecified atom stereocenters. The van der Waals surface area contributed by atoms with Gasteiger partial charge in [0.05, 0.1) is 74.1 Å². The zero-order chi connectivity index (χ0) is 48.9. The van der Waals surface area contributed by atoms with Crippen LogP contribution in [-0.2, 0) is 0 Å². The van der Waals surface area contributed by atoms with Gasteiger partial charge in [0.25, 0.3) is 0 Å². The summed E-state index contributed by atoms with van der Waals surface area (Å²) in [5, 5.41) is 3.42. The number of ether oxygens (including phenoxy) is 4. The number of fused-ring (bicyclic) bond motifs is 2. The smallest absolute Gasteiger partial charge is 0.229 e. The van der Waals surface area contributed by atoms with Crippen LogP contribution in [0.2, 0.25) is 5.28 Å². The maximum atomic E-state index is 13.6. The number of hydrogen-bond donors (Lipinski definition) is 2. The van der Waals surface area contributed by atoms with E-state index in [0.717, 1.165) is 56.5 Å². The Morgan fingerprint density at radius 3 is 1.67 bits per heavy atom. The van der Waals surface area contributed by atoms with Gasteiger partial charge in [-0.05, 0) is 110 Å². The summed E-state index contributed by atoms with van der Waals surface area (Å²) in [6.07, 6.45) is 10.6. The first-order valence-corrected chi connectivity index (χ1v) is 22.1. The van der Waals surface area contributed by atoms with E-state index in [0.29, 0.717) is 53.7 Å². The lowest BCUT2D eigenvalue weighted by atomic mass is 10.00. The number of halogens is 3. The molecule has 4 aromatic carbocycles. The van der Waals surface area contributed by atoms with E-state index < -0.39 is 0 Å². The molecule has 0 radical (unpaired) electrons. The molecule has 0 spiro atoms. The number of benzene rings is 4. The van der Waals surface area contributed by atoms with Crippen molar-refractivity contribution >= 4 is 40.6 Å². The second kappa shape index (κ2) is 20.5. The summed E-state index contributed by atoms with van der Waals surface area (Å²) in [6.45, 7) is 8.56. The van der Waals surface area contributed by atoms with E-state index in [9.17, 15) is 8.78 Å². The molecule has 6 heterocycles. The minimum atomic E-state index is -0.250. The van der Waals surface area contributed by atoms with Crippen molar-refractivity contribution in [2.45, 2.75) is 39.8 Å². The Labute approximate surface area is 403 Å². The highest BCUT2D eigenvalue weighted by Crippen LogP contribution is 2.40. The van der Waals surface area contributed by atoms with Gasteiger partial charge < -0.3 is 48.9 Å². The minimum Gasteiger partial charge on any atom is -0.494 e. The summed E-state index contributed by atoms with van der Waals surface area (Å²) in [4.78, 5) is 29.7. The van der Waals surface area contributed by atoms with Crippen LogP contribution in [0.25, 0.3) is 11.4 Å². The van der Waals surface area contributed by atoms with Gasteiger partial charge in [-0.25, -0.2) is 28.7 Å². The molecule has 19 heteroatoms. The van der Waals surface area contributed by atoms with Crippen molar-refractivity contribution in [1.82, 2.24) is 39.0 Å². The van der Waals surface area contributed by atoms with Gasteiger partial charge in [-0.15, -0.1) is 0 Å². The molecule has 3 N–H and O–H groups in total. The Balaban J connectivity index is 0.000000155. The van der Waals surface area contributed by atoms with Gasteiger partial charge in [-0.1, -0.05) is 12.1 Å². The standard InChI is InChI=1S/C25H25FN6O2.C14H13ClFN3O.C11H13N3O/c1-15-9-17(26)5-7-19(15)21-13-34-23-11-27-25(30-24(23)31(21)3)29-18-6-8-20(22(10-18)33-4)32-12-16(2)28-14-32;1-8-5-9(16)3-4-10(8)11-7-20-12-6-17-14(15)18-13(12)19(11)2;1-8-6-14(7-13-8)10-4-3-9(12)5-11(10)15-2/h5-12,14,21H,13H2,1-4H3,(H,27,29,30);3-6,11H,7H2,1-2H3;3-7H,12H2,1-2H3. The van der Waals surface area contributed by atoms with E-state index in [-0.39, 0.29) is 29.0 Å². The number of methoxy groups -OCH3 is 2. The largest absolute Gasteiger partial charge is 0.494 e. The molecule has 2 aliphatic heterocycles. The Bertz CT molecular complexity index is 3110. The fourth-order valence-electron chi connectivity index (χ4n) is 8.06. The molecule has 10 rings (SSSR count). The van der Waals surface area contributed by atoms with Crippen molar-refractivity contribution in [3.05, 3.63) is 161 Å². The molecule has 0 aliphatic carbocycles. The van der Waals surface area contributed by atoms with Gasteiger partial charge in [0, 0.05) is 50.0 Å². The highest BCUT2D eigenvalue weighted by molar-refractivity contribution is 6.28. The number of nitrogens with one attached hydrogen (secondary N) is 1. The van der Waals surface area contributed by atoms with Gasteiger partial charge in [0.2, 0.25) is 11.2 Å². The summed E-state index contributed by atoms with van der Waals surface area (Å²) in [5.41, 5.74) is 14.6. The normalized spacial score (nSPS) is 14.7. The van der Waals surface area contributed by atoms with Gasteiger partial charge in [-0.2, -0.15) is 9.97 Å². The number of imidazole rings is 2. The third-order valence-corrected chi connectivity index (χ3v) is 11.8. The van der Waals surface area contributed by atoms with Crippen molar-refractivity contribution in [2.75, 3.05) is 62.4 Å². The third kappa shape index (κ3) is 10.6. The second-order valence-corrected chi connectivity index (χ2v) is 16.7. The lowest BCUT2D eigenvalue weighted by molar-refractivity contribution is 0.264. The Morgan fingerprint density at radius 1 is 0.652 bits per heavy atom. The molecular weight excluding hydrogens is 906 g/mol. The predicted molar refractivity (Wildman–Crippen MR) is 262 cm³/mol. The van der Waals surface area contributed by atoms with Crippen LogP contribution in [0.3, 0.4) is 0 Å². The first kappa shape index (κ1) is 47.5. The number of likely N-dealkylation sites (N-methyl/N-ethyl adjacent to an activating group) is 2. The van der Waals surface area contributed by atoms with Crippen LogP contribution in [0, 0.1) is 39.3 Å². The zero-order valence-corrected chi connectivity index (χ0v) is 40.0. The van der Waals surface area contributed by atoms with Crippen molar-refractivity contribution < 1.29 is 27.7 Å². The first-order chi connectivity index (χ1) is 33.2. The Hall–Kier alpha value is -7.99. The number of rotatable bonds is 8. The third-order valence-electron chi connectivity index (χ3n) is 11.6. The maximum absolute atomic E-state index is 13.6. The number of anilines is 5. The monoisotopic (exact) mass is 956 g/mol. The quantitative estimate of drug-likeness (QED) is 0.109. The molecule has 2 aliphatic rings. The zero-order valence-electron chi connectivity index (χ0n) is 39.3. The fraction of sp³-hybridized carbons (Fsp3) is 0.240. The fourth-order valence-corrected chi connectivity index (χ4v) is 8.19. The average molecular weight is 957 g/mol. The first-order valence-electron chi connectivity index (χ1n) is 21.7. The van der Waals surface area contributed by atoms with Crippen molar-refractivity contribution in [1.29, 1.82) is 0 Å². The van der Waals surface area contributed by atoms with Gasteiger partial charge in [-0.3, -0.25) is 0 Å². The maximum Gasteiger partial charge on any atom is 0.229 e. The number of aryl methyl sites for hydroxylation is 4. The van der Waals surface area contributed by atoms with Crippen LogP contribution in [-0.4, -0.2) is 80.6 Å². The van der Waals surface area contributed by atoms with Gasteiger partial charge in [0.1, 0.15) is 36.3 Å². The number of hydrogen-bond acceptors (Lipinski definition) is 14. The minimum absolute atomic E-state index is 0.0333. The van der Waals surface area contributed by atoms with Crippen LogP contribution < -0.4 is 39.8 Å². The molecule has 8 aromatic rings. The molecule has 4 aromatic heterocycles. The van der Waals surface area contributed by atoms with Crippen LogP contribution in [0.5, 0.6) is 23.0 Å². The van der Waals surface area contributed by atoms with E-state index >= 15 is 0 Å². The molecular formula is C50H51ClF2N12O4. The summed E-state index contributed by atoms with van der Waals surface area (Å²) >= 11 is 5.83. The highest BCUT2D eigenvalue weighted by atomic mass is 35.5. The summed E-state index contributed by atoms with van der Waals surface area (Å²) in [7, 11) is 7.13. The van der Waals surface area contributed by atoms with Crippen LogP contribution >= 0.6 is 11.6 Å². The van der Waals surface area contributed by atoms with Crippen molar-refractivity contribution in [3.63, 3.8) is 0 Å². The van der Waals surface area contributed by atoms with Crippen LogP contribution in [0.4, 0.5) is 37.7 Å².